The normalized spacial score (nSPS) is 20.3. The summed E-state index contributed by atoms with van der Waals surface area (Å²) in [5.41, 5.74) is 3.47. The number of aryl methyl sites for hydroxylation is 1. The molecule has 0 saturated heterocycles. The number of fused-ring (bicyclic) bond motifs is 2. The number of aromatic nitrogens is 2. The van der Waals surface area contributed by atoms with Gasteiger partial charge in [0.25, 0.3) is 0 Å². The topological polar surface area (TPSA) is 35.0 Å². The third kappa shape index (κ3) is 2.30. The van der Waals surface area contributed by atoms with Crippen molar-refractivity contribution in [1.82, 2.24) is 9.97 Å². The third-order valence-corrected chi connectivity index (χ3v) is 4.72. The Morgan fingerprint density at radius 1 is 1.05 bits per heavy atom. The van der Waals surface area contributed by atoms with Crippen molar-refractivity contribution in [1.29, 1.82) is 0 Å². The number of halogens is 1. The fourth-order valence-corrected chi connectivity index (χ4v) is 3.57. The molecule has 1 aromatic carbocycles. The molecule has 1 aromatic heterocycles. The van der Waals surface area contributed by atoms with E-state index in [1.54, 1.807) is 0 Å². The van der Waals surface area contributed by atoms with Crippen LogP contribution in [0.2, 0.25) is 5.15 Å². The van der Waals surface area contributed by atoms with Crippen molar-refractivity contribution in [2.75, 3.05) is 6.61 Å². The second-order valence-electron chi connectivity index (χ2n) is 5.76. The van der Waals surface area contributed by atoms with Crippen molar-refractivity contribution in [3.8, 4) is 5.75 Å². The SMILES string of the molecule is Clc1nc(C2COc3ccccc32)nc2c1CCCCC2. The standard InChI is InChI=1S/C17H17ClN2O/c18-16-12-7-2-1-3-8-14(12)19-17(20-16)13-10-21-15-9-5-4-6-11(13)15/h4-6,9,13H,1-3,7-8,10H2. The van der Waals surface area contributed by atoms with Crippen molar-refractivity contribution in [3.63, 3.8) is 0 Å². The molecular weight excluding hydrogens is 284 g/mol. The fraction of sp³-hybridized carbons (Fsp3) is 0.412. The summed E-state index contributed by atoms with van der Waals surface area (Å²) in [6.45, 7) is 0.606. The van der Waals surface area contributed by atoms with Crippen LogP contribution in [-0.4, -0.2) is 16.6 Å². The maximum absolute atomic E-state index is 6.43. The van der Waals surface area contributed by atoms with Crippen LogP contribution in [0.4, 0.5) is 0 Å². The zero-order valence-electron chi connectivity index (χ0n) is 11.8. The lowest BCUT2D eigenvalue weighted by atomic mass is 10.00. The van der Waals surface area contributed by atoms with Crippen molar-refractivity contribution < 1.29 is 4.74 Å². The Hall–Kier alpha value is -1.61. The summed E-state index contributed by atoms with van der Waals surface area (Å²) in [5.74, 6) is 1.86. The lowest BCUT2D eigenvalue weighted by Gasteiger charge is -2.13. The molecular formula is C17H17ClN2O. The Balaban J connectivity index is 1.77. The van der Waals surface area contributed by atoms with Gasteiger partial charge in [-0.2, -0.15) is 0 Å². The second-order valence-corrected chi connectivity index (χ2v) is 6.12. The van der Waals surface area contributed by atoms with Crippen molar-refractivity contribution in [3.05, 3.63) is 52.1 Å². The zero-order valence-corrected chi connectivity index (χ0v) is 12.6. The van der Waals surface area contributed by atoms with Gasteiger partial charge in [-0.05, 0) is 31.7 Å². The Morgan fingerprint density at radius 3 is 2.86 bits per heavy atom. The molecule has 0 N–H and O–H groups in total. The van der Waals surface area contributed by atoms with Crippen molar-refractivity contribution in [2.45, 2.75) is 38.0 Å². The van der Waals surface area contributed by atoms with Gasteiger partial charge in [0, 0.05) is 16.8 Å². The van der Waals surface area contributed by atoms with E-state index in [4.69, 9.17) is 21.3 Å². The molecule has 2 aromatic rings. The minimum atomic E-state index is 0.104. The maximum Gasteiger partial charge on any atom is 0.141 e. The van der Waals surface area contributed by atoms with Crippen LogP contribution in [0.1, 0.15) is 47.8 Å². The average Bonchev–Trinajstić information content (AvgIpc) is 2.78. The monoisotopic (exact) mass is 300 g/mol. The average molecular weight is 301 g/mol. The number of hydrogen-bond donors (Lipinski definition) is 0. The fourth-order valence-electron chi connectivity index (χ4n) is 3.28. The third-order valence-electron chi connectivity index (χ3n) is 4.41. The number of para-hydroxylation sites is 1. The van der Waals surface area contributed by atoms with Gasteiger partial charge in [0.2, 0.25) is 0 Å². The Morgan fingerprint density at radius 2 is 1.90 bits per heavy atom. The molecule has 0 saturated carbocycles. The van der Waals surface area contributed by atoms with Crippen LogP contribution in [0.3, 0.4) is 0 Å². The minimum Gasteiger partial charge on any atom is -0.492 e. The van der Waals surface area contributed by atoms with Crippen LogP contribution in [0.5, 0.6) is 5.75 Å². The van der Waals surface area contributed by atoms with Gasteiger partial charge >= 0.3 is 0 Å². The lowest BCUT2D eigenvalue weighted by molar-refractivity contribution is 0.339. The molecule has 4 heteroatoms. The lowest BCUT2D eigenvalue weighted by Crippen LogP contribution is -2.11. The van der Waals surface area contributed by atoms with Gasteiger partial charge in [0.05, 0.1) is 5.92 Å². The maximum atomic E-state index is 6.43. The van der Waals surface area contributed by atoms with Crippen LogP contribution in [0, 0.1) is 0 Å². The first-order valence-corrected chi connectivity index (χ1v) is 7.97. The molecule has 1 atom stereocenters. The van der Waals surface area contributed by atoms with Gasteiger partial charge in [-0.15, -0.1) is 0 Å². The van der Waals surface area contributed by atoms with Gasteiger partial charge in [-0.3, -0.25) is 0 Å². The highest BCUT2D eigenvalue weighted by Crippen LogP contribution is 2.37. The van der Waals surface area contributed by atoms with Crippen LogP contribution in [0.25, 0.3) is 0 Å². The molecule has 0 radical (unpaired) electrons. The number of benzene rings is 1. The Bertz CT molecular complexity index is 686. The van der Waals surface area contributed by atoms with Gasteiger partial charge in [-0.1, -0.05) is 36.2 Å². The summed E-state index contributed by atoms with van der Waals surface area (Å²) < 4.78 is 5.75. The molecule has 108 valence electrons. The van der Waals surface area contributed by atoms with E-state index in [9.17, 15) is 0 Å². The molecule has 1 aliphatic carbocycles. The van der Waals surface area contributed by atoms with Crippen LogP contribution < -0.4 is 4.74 Å². The first kappa shape index (κ1) is 13.1. The Kier molecular flexibility index (Phi) is 3.30. The van der Waals surface area contributed by atoms with E-state index in [2.05, 4.69) is 11.1 Å². The molecule has 2 heterocycles. The van der Waals surface area contributed by atoms with Crippen LogP contribution in [0.15, 0.2) is 24.3 Å². The highest BCUT2D eigenvalue weighted by molar-refractivity contribution is 6.30. The molecule has 4 rings (SSSR count). The predicted octanol–water partition coefficient (Wildman–Crippen LogP) is 3.92. The predicted molar refractivity (Wildman–Crippen MR) is 82.1 cm³/mol. The highest BCUT2D eigenvalue weighted by atomic mass is 35.5. The number of rotatable bonds is 1. The van der Waals surface area contributed by atoms with Gasteiger partial charge in [-0.25, -0.2) is 9.97 Å². The first-order valence-electron chi connectivity index (χ1n) is 7.60. The van der Waals surface area contributed by atoms with E-state index < -0.39 is 0 Å². The number of hydrogen-bond acceptors (Lipinski definition) is 3. The van der Waals surface area contributed by atoms with Crippen molar-refractivity contribution >= 4 is 11.6 Å². The van der Waals surface area contributed by atoms with Gasteiger partial charge in [0.15, 0.2) is 0 Å². The molecule has 2 aliphatic rings. The zero-order chi connectivity index (χ0) is 14.2. The van der Waals surface area contributed by atoms with Crippen LogP contribution >= 0.6 is 11.6 Å². The molecule has 1 unspecified atom stereocenters. The summed E-state index contributed by atoms with van der Waals surface area (Å²) in [7, 11) is 0. The van der Waals surface area contributed by atoms with E-state index in [0.29, 0.717) is 11.8 Å². The van der Waals surface area contributed by atoms with E-state index in [0.717, 1.165) is 35.7 Å². The quantitative estimate of drug-likeness (QED) is 0.591. The van der Waals surface area contributed by atoms with E-state index >= 15 is 0 Å². The van der Waals surface area contributed by atoms with Gasteiger partial charge < -0.3 is 4.74 Å². The summed E-state index contributed by atoms with van der Waals surface area (Å²) in [6, 6.07) is 8.12. The van der Waals surface area contributed by atoms with E-state index in [1.165, 1.54) is 24.8 Å². The molecule has 0 spiro atoms. The summed E-state index contributed by atoms with van der Waals surface area (Å²) >= 11 is 6.43. The smallest absolute Gasteiger partial charge is 0.141 e. The molecule has 0 fully saturated rings. The number of nitrogens with zero attached hydrogens (tertiary/aromatic N) is 2. The summed E-state index contributed by atoms with van der Waals surface area (Å²) in [6.07, 6.45) is 5.64. The van der Waals surface area contributed by atoms with Crippen LogP contribution in [-0.2, 0) is 12.8 Å². The van der Waals surface area contributed by atoms with E-state index in [-0.39, 0.29) is 5.92 Å². The summed E-state index contributed by atoms with van der Waals surface area (Å²) in [5, 5.41) is 0.640. The van der Waals surface area contributed by atoms with Gasteiger partial charge in [0.1, 0.15) is 23.3 Å². The molecule has 3 nitrogen and oxygen atoms in total. The van der Waals surface area contributed by atoms with Crippen molar-refractivity contribution in [2.24, 2.45) is 0 Å². The second kappa shape index (κ2) is 5.30. The largest absolute Gasteiger partial charge is 0.492 e. The highest BCUT2D eigenvalue weighted by Gasteiger charge is 2.29. The minimum absolute atomic E-state index is 0.104. The Labute approximate surface area is 129 Å². The number of ether oxygens (including phenoxy) is 1. The molecule has 21 heavy (non-hydrogen) atoms. The summed E-state index contributed by atoms with van der Waals surface area (Å²) in [4.78, 5) is 9.42. The van der Waals surface area contributed by atoms with E-state index in [1.807, 2.05) is 18.2 Å². The molecule has 1 aliphatic heterocycles. The molecule has 0 bridgehead atoms. The molecule has 0 amide bonds. The first-order chi connectivity index (χ1) is 10.3.